The zero-order valence-electron chi connectivity index (χ0n) is 15.2. The highest BCUT2D eigenvalue weighted by Crippen LogP contribution is 2.35. The van der Waals surface area contributed by atoms with Crippen LogP contribution in [0.1, 0.15) is 61.8 Å². The number of amides is 2. The van der Waals surface area contributed by atoms with Gasteiger partial charge in [-0.2, -0.15) is 0 Å². The van der Waals surface area contributed by atoms with Crippen molar-refractivity contribution in [3.8, 4) is 0 Å². The van der Waals surface area contributed by atoms with E-state index in [0.29, 0.717) is 43.8 Å². The third kappa shape index (κ3) is 3.49. The molecular formula is C17H26N4O3S. The molecule has 1 aromatic rings. The fourth-order valence-corrected chi connectivity index (χ4v) is 4.40. The monoisotopic (exact) mass is 366 g/mol. The highest BCUT2D eigenvalue weighted by Gasteiger charge is 2.48. The average Bonchev–Trinajstić information content (AvgIpc) is 3.20. The highest BCUT2D eigenvalue weighted by molar-refractivity contribution is 7.08. The van der Waals surface area contributed by atoms with Crippen molar-refractivity contribution in [2.45, 2.75) is 64.5 Å². The zero-order valence-corrected chi connectivity index (χ0v) is 16.0. The smallest absolute Gasteiger partial charge is 0.410 e. The summed E-state index contributed by atoms with van der Waals surface area (Å²) in [7, 11) is 0. The van der Waals surface area contributed by atoms with Crippen LogP contribution < -0.4 is 0 Å². The Morgan fingerprint density at radius 1 is 1.36 bits per heavy atom. The van der Waals surface area contributed by atoms with Crippen molar-refractivity contribution in [3.05, 3.63) is 10.6 Å². The number of aryl methyl sites for hydroxylation is 1. The number of rotatable bonds is 5. The van der Waals surface area contributed by atoms with Crippen LogP contribution in [-0.4, -0.2) is 62.7 Å². The van der Waals surface area contributed by atoms with E-state index < -0.39 is 5.60 Å². The fourth-order valence-electron chi connectivity index (χ4n) is 3.68. The summed E-state index contributed by atoms with van der Waals surface area (Å²) in [5.41, 5.74) is 0.331. The Hall–Kier alpha value is -1.70. The van der Waals surface area contributed by atoms with E-state index in [4.69, 9.17) is 4.74 Å². The SMILES string of the molecule is CCC[C@H](C)N1CC2(CCN(C(=O)c3snnc3CC)CC2)OC1=O. The summed E-state index contributed by atoms with van der Waals surface area (Å²) in [5.74, 6) is 0.00207. The van der Waals surface area contributed by atoms with Crippen LogP contribution in [0.4, 0.5) is 4.79 Å². The lowest BCUT2D eigenvalue weighted by molar-refractivity contribution is 0.00318. The van der Waals surface area contributed by atoms with Crippen molar-refractivity contribution in [2.75, 3.05) is 19.6 Å². The molecule has 3 rings (SSSR count). The van der Waals surface area contributed by atoms with E-state index >= 15 is 0 Å². The maximum Gasteiger partial charge on any atom is 0.410 e. The molecule has 1 atom stereocenters. The maximum atomic E-state index is 12.7. The Kier molecular flexibility index (Phi) is 5.27. The quantitative estimate of drug-likeness (QED) is 0.801. The van der Waals surface area contributed by atoms with Gasteiger partial charge in [0.15, 0.2) is 0 Å². The van der Waals surface area contributed by atoms with Crippen LogP contribution in [-0.2, 0) is 11.2 Å². The normalized spacial score (nSPS) is 20.8. The first-order valence-electron chi connectivity index (χ1n) is 9.09. The Morgan fingerprint density at radius 3 is 2.72 bits per heavy atom. The van der Waals surface area contributed by atoms with Crippen molar-refractivity contribution < 1.29 is 14.3 Å². The second-order valence-corrected chi connectivity index (χ2v) is 7.77. The molecule has 2 amide bonds. The summed E-state index contributed by atoms with van der Waals surface area (Å²) < 4.78 is 9.67. The summed E-state index contributed by atoms with van der Waals surface area (Å²) in [6, 6.07) is 0.201. The molecule has 0 aromatic carbocycles. The minimum Gasteiger partial charge on any atom is -0.441 e. The molecule has 7 nitrogen and oxygen atoms in total. The first-order chi connectivity index (χ1) is 12.0. The van der Waals surface area contributed by atoms with Crippen molar-refractivity contribution in [1.82, 2.24) is 19.4 Å². The van der Waals surface area contributed by atoms with Gasteiger partial charge in [-0.3, -0.25) is 4.79 Å². The molecule has 0 saturated carbocycles. The molecule has 138 valence electrons. The van der Waals surface area contributed by atoms with Crippen LogP contribution in [0.3, 0.4) is 0 Å². The Bertz CT molecular complexity index is 640. The standard InChI is InChI=1S/C17H26N4O3S/c1-4-6-12(3)21-11-17(24-16(21)23)7-9-20(10-8-17)15(22)14-13(5-2)18-19-25-14/h12H,4-11H2,1-3H3/t12-/m0/s1. The largest absolute Gasteiger partial charge is 0.441 e. The van der Waals surface area contributed by atoms with Gasteiger partial charge in [0.2, 0.25) is 0 Å². The number of hydrogen-bond acceptors (Lipinski definition) is 6. The molecule has 0 bridgehead atoms. The molecule has 2 aliphatic rings. The van der Waals surface area contributed by atoms with Gasteiger partial charge >= 0.3 is 6.09 Å². The molecule has 1 aromatic heterocycles. The first kappa shape index (κ1) is 18.1. The number of aromatic nitrogens is 2. The van der Waals surface area contributed by atoms with E-state index in [2.05, 4.69) is 23.4 Å². The number of piperidine rings is 1. The molecule has 0 unspecified atom stereocenters. The van der Waals surface area contributed by atoms with Crippen molar-refractivity contribution >= 4 is 23.5 Å². The summed E-state index contributed by atoms with van der Waals surface area (Å²) in [5, 5.41) is 4.02. The third-order valence-electron chi connectivity index (χ3n) is 5.28. The minimum absolute atomic E-state index is 0.00207. The number of nitrogens with zero attached hydrogens (tertiary/aromatic N) is 4. The molecule has 0 aliphatic carbocycles. The van der Waals surface area contributed by atoms with Gasteiger partial charge in [0, 0.05) is 32.0 Å². The van der Waals surface area contributed by atoms with E-state index in [1.54, 1.807) is 0 Å². The lowest BCUT2D eigenvalue weighted by atomic mass is 9.90. The Morgan fingerprint density at radius 2 is 2.08 bits per heavy atom. The summed E-state index contributed by atoms with van der Waals surface area (Å²) >= 11 is 1.16. The van der Waals surface area contributed by atoms with Gasteiger partial charge in [-0.05, 0) is 31.3 Å². The Balaban J connectivity index is 1.62. The molecule has 1 spiro atoms. The molecule has 2 saturated heterocycles. The van der Waals surface area contributed by atoms with Crippen LogP contribution in [0, 0.1) is 0 Å². The summed E-state index contributed by atoms with van der Waals surface area (Å²) in [6.07, 6.45) is 3.90. The molecule has 8 heteroatoms. The molecule has 25 heavy (non-hydrogen) atoms. The van der Waals surface area contributed by atoms with Gasteiger partial charge in [-0.25, -0.2) is 4.79 Å². The molecular weight excluding hydrogens is 340 g/mol. The Labute approximate surface area is 152 Å². The lowest BCUT2D eigenvalue weighted by Gasteiger charge is -2.37. The molecule has 2 fully saturated rings. The van der Waals surface area contributed by atoms with Crippen molar-refractivity contribution in [1.29, 1.82) is 0 Å². The minimum atomic E-state index is -0.435. The van der Waals surface area contributed by atoms with E-state index in [9.17, 15) is 9.59 Å². The van der Waals surface area contributed by atoms with Gasteiger partial charge < -0.3 is 14.5 Å². The van der Waals surface area contributed by atoms with Crippen molar-refractivity contribution in [3.63, 3.8) is 0 Å². The third-order valence-corrected chi connectivity index (χ3v) is 6.04. The van der Waals surface area contributed by atoms with Gasteiger partial charge in [-0.1, -0.05) is 24.8 Å². The average molecular weight is 366 g/mol. The topological polar surface area (TPSA) is 75.6 Å². The number of ether oxygens (including phenoxy) is 1. The van der Waals surface area contributed by atoms with Crippen molar-refractivity contribution in [2.24, 2.45) is 0 Å². The highest BCUT2D eigenvalue weighted by atomic mass is 32.1. The lowest BCUT2D eigenvalue weighted by Crippen LogP contribution is -2.49. The second-order valence-electron chi connectivity index (χ2n) is 7.01. The predicted molar refractivity (Wildman–Crippen MR) is 94.7 cm³/mol. The number of hydrogen-bond donors (Lipinski definition) is 0. The molecule has 2 aliphatic heterocycles. The predicted octanol–water partition coefficient (Wildman–Crippen LogP) is 2.72. The molecule has 0 radical (unpaired) electrons. The van der Waals surface area contributed by atoms with E-state index in [0.717, 1.165) is 30.1 Å². The number of carbonyl (C=O) groups is 2. The van der Waals surface area contributed by atoms with E-state index in [-0.39, 0.29) is 18.0 Å². The molecule has 0 N–H and O–H groups in total. The van der Waals surface area contributed by atoms with E-state index in [1.807, 2.05) is 16.7 Å². The van der Waals surface area contributed by atoms with Gasteiger partial charge in [-0.15, -0.1) is 5.10 Å². The van der Waals surface area contributed by atoms with Gasteiger partial charge in [0.1, 0.15) is 10.5 Å². The summed E-state index contributed by atoms with van der Waals surface area (Å²) in [4.78, 5) is 29.3. The summed E-state index contributed by atoms with van der Waals surface area (Å²) in [6.45, 7) is 8.01. The van der Waals surface area contributed by atoms with Crippen LogP contribution in [0.15, 0.2) is 0 Å². The number of likely N-dealkylation sites (tertiary alicyclic amines) is 1. The van der Waals surface area contributed by atoms with Crippen LogP contribution in [0.2, 0.25) is 0 Å². The van der Waals surface area contributed by atoms with Gasteiger partial charge in [0.25, 0.3) is 5.91 Å². The van der Waals surface area contributed by atoms with Crippen LogP contribution in [0.5, 0.6) is 0 Å². The molecule has 3 heterocycles. The first-order valence-corrected chi connectivity index (χ1v) is 9.87. The van der Waals surface area contributed by atoms with Gasteiger partial charge in [0.05, 0.1) is 12.2 Å². The second kappa shape index (κ2) is 7.27. The van der Waals surface area contributed by atoms with Crippen LogP contribution >= 0.6 is 11.5 Å². The fraction of sp³-hybridized carbons (Fsp3) is 0.765. The van der Waals surface area contributed by atoms with Crippen LogP contribution in [0.25, 0.3) is 0 Å². The van der Waals surface area contributed by atoms with E-state index in [1.165, 1.54) is 0 Å². The maximum absolute atomic E-state index is 12.7. The zero-order chi connectivity index (χ0) is 18.0. The number of carbonyl (C=O) groups excluding carboxylic acids is 2.